The lowest BCUT2D eigenvalue weighted by Gasteiger charge is -2.36. The van der Waals surface area contributed by atoms with Gasteiger partial charge in [-0.05, 0) is 44.2 Å². The van der Waals surface area contributed by atoms with Crippen LogP contribution in [0.15, 0.2) is 18.3 Å². The number of piperidine rings is 2. The van der Waals surface area contributed by atoms with Crippen LogP contribution in [0, 0.1) is 5.92 Å². The molecule has 2 aliphatic rings. The summed E-state index contributed by atoms with van der Waals surface area (Å²) in [5, 5.41) is 0.650. The van der Waals surface area contributed by atoms with Crippen LogP contribution < -0.4 is 4.90 Å². The molecule has 0 radical (unpaired) electrons. The number of hydrogen-bond acceptors (Lipinski definition) is 3. The normalized spacial score (nSPS) is 23.2. The molecule has 2 aliphatic heterocycles. The van der Waals surface area contributed by atoms with E-state index >= 15 is 0 Å². The number of hydrogen-bond donors (Lipinski definition) is 0. The van der Waals surface area contributed by atoms with Crippen molar-refractivity contribution in [2.75, 3.05) is 31.1 Å². The SMILES string of the molecule is O=C(C1CCCN(c2ccc(Cl)cn2)C1)N1CCCCC1. The van der Waals surface area contributed by atoms with E-state index in [1.54, 1.807) is 6.20 Å². The highest BCUT2D eigenvalue weighted by Gasteiger charge is 2.30. The van der Waals surface area contributed by atoms with Gasteiger partial charge >= 0.3 is 0 Å². The van der Waals surface area contributed by atoms with Crippen molar-refractivity contribution < 1.29 is 4.79 Å². The molecule has 5 heteroatoms. The average Bonchev–Trinajstić information content (AvgIpc) is 2.56. The number of carbonyl (C=O) groups excluding carboxylic acids is 1. The van der Waals surface area contributed by atoms with Crippen molar-refractivity contribution in [3.8, 4) is 0 Å². The molecule has 1 atom stereocenters. The predicted molar refractivity (Wildman–Crippen MR) is 84.6 cm³/mol. The third-order valence-corrected chi connectivity index (χ3v) is 4.70. The summed E-state index contributed by atoms with van der Waals surface area (Å²) in [5.74, 6) is 1.39. The van der Waals surface area contributed by atoms with E-state index in [1.807, 2.05) is 12.1 Å². The minimum absolute atomic E-state index is 0.120. The van der Waals surface area contributed by atoms with Crippen LogP contribution in [0.4, 0.5) is 5.82 Å². The predicted octanol–water partition coefficient (Wildman–Crippen LogP) is 2.96. The molecular weight excluding hydrogens is 286 g/mol. The van der Waals surface area contributed by atoms with E-state index in [2.05, 4.69) is 14.8 Å². The zero-order chi connectivity index (χ0) is 14.7. The van der Waals surface area contributed by atoms with Crippen LogP contribution in [0.5, 0.6) is 0 Å². The standard InChI is InChI=1S/C16H22ClN3O/c17-14-6-7-15(18-11-14)20-10-4-5-13(12-20)16(21)19-8-2-1-3-9-19/h6-7,11,13H,1-5,8-10,12H2. The first-order valence-corrected chi connectivity index (χ1v) is 8.27. The van der Waals surface area contributed by atoms with Crippen molar-refractivity contribution in [3.63, 3.8) is 0 Å². The Morgan fingerprint density at radius 3 is 2.67 bits per heavy atom. The molecule has 0 bridgehead atoms. The monoisotopic (exact) mass is 307 g/mol. The number of anilines is 1. The highest BCUT2D eigenvalue weighted by Crippen LogP contribution is 2.25. The first-order chi connectivity index (χ1) is 10.2. The number of amides is 1. The lowest BCUT2D eigenvalue weighted by atomic mass is 9.95. The van der Waals surface area contributed by atoms with Crippen LogP contribution in [-0.2, 0) is 4.79 Å². The largest absolute Gasteiger partial charge is 0.356 e. The average molecular weight is 308 g/mol. The number of nitrogens with zero attached hydrogens (tertiary/aromatic N) is 3. The maximum atomic E-state index is 12.6. The third kappa shape index (κ3) is 3.49. The van der Waals surface area contributed by atoms with Crippen LogP contribution in [0.25, 0.3) is 0 Å². The Labute approximate surface area is 131 Å². The number of likely N-dealkylation sites (tertiary alicyclic amines) is 1. The van der Waals surface area contributed by atoms with E-state index in [4.69, 9.17) is 11.6 Å². The summed E-state index contributed by atoms with van der Waals surface area (Å²) in [6.07, 6.45) is 7.29. The van der Waals surface area contributed by atoms with E-state index in [0.717, 1.165) is 57.7 Å². The van der Waals surface area contributed by atoms with E-state index in [9.17, 15) is 4.79 Å². The zero-order valence-electron chi connectivity index (χ0n) is 12.3. The smallest absolute Gasteiger partial charge is 0.227 e. The topological polar surface area (TPSA) is 36.4 Å². The van der Waals surface area contributed by atoms with Gasteiger partial charge in [0.2, 0.25) is 5.91 Å². The van der Waals surface area contributed by atoms with Crippen molar-refractivity contribution in [2.24, 2.45) is 5.92 Å². The maximum Gasteiger partial charge on any atom is 0.227 e. The Bertz CT molecular complexity index is 485. The van der Waals surface area contributed by atoms with Gasteiger partial charge in [-0.2, -0.15) is 0 Å². The first-order valence-electron chi connectivity index (χ1n) is 7.89. The lowest BCUT2D eigenvalue weighted by molar-refractivity contribution is -0.136. The highest BCUT2D eigenvalue weighted by atomic mass is 35.5. The zero-order valence-corrected chi connectivity index (χ0v) is 13.1. The summed E-state index contributed by atoms with van der Waals surface area (Å²) >= 11 is 5.89. The highest BCUT2D eigenvalue weighted by molar-refractivity contribution is 6.30. The van der Waals surface area contributed by atoms with Crippen molar-refractivity contribution in [2.45, 2.75) is 32.1 Å². The minimum atomic E-state index is 0.120. The van der Waals surface area contributed by atoms with E-state index in [1.165, 1.54) is 6.42 Å². The second kappa shape index (κ2) is 6.65. The van der Waals surface area contributed by atoms with Crippen LogP contribution in [0.3, 0.4) is 0 Å². The van der Waals surface area contributed by atoms with Gasteiger partial charge in [0.1, 0.15) is 5.82 Å². The van der Waals surface area contributed by atoms with Gasteiger partial charge < -0.3 is 9.80 Å². The molecule has 0 aliphatic carbocycles. The Morgan fingerprint density at radius 2 is 1.95 bits per heavy atom. The van der Waals surface area contributed by atoms with Gasteiger partial charge in [-0.1, -0.05) is 11.6 Å². The van der Waals surface area contributed by atoms with Crippen LogP contribution in [-0.4, -0.2) is 42.0 Å². The van der Waals surface area contributed by atoms with E-state index in [-0.39, 0.29) is 5.92 Å². The third-order valence-electron chi connectivity index (χ3n) is 4.47. The molecule has 1 aromatic heterocycles. The Kier molecular flexibility index (Phi) is 4.63. The maximum absolute atomic E-state index is 12.6. The molecule has 2 fully saturated rings. The second-order valence-electron chi connectivity index (χ2n) is 6.01. The van der Waals surface area contributed by atoms with E-state index in [0.29, 0.717) is 10.9 Å². The van der Waals surface area contributed by atoms with E-state index < -0.39 is 0 Å². The molecule has 0 aromatic carbocycles. The first kappa shape index (κ1) is 14.6. The van der Waals surface area contributed by atoms with Gasteiger partial charge in [0.15, 0.2) is 0 Å². The van der Waals surface area contributed by atoms with Crippen LogP contribution in [0.2, 0.25) is 5.02 Å². The summed E-state index contributed by atoms with van der Waals surface area (Å²) in [5.41, 5.74) is 0. The summed E-state index contributed by atoms with van der Waals surface area (Å²) < 4.78 is 0. The summed E-state index contributed by atoms with van der Waals surface area (Å²) in [7, 11) is 0. The molecular formula is C16H22ClN3O. The fourth-order valence-corrected chi connectivity index (χ4v) is 3.43. The minimum Gasteiger partial charge on any atom is -0.356 e. The van der Waals surface area contributed by atoms with Gasteiger partial charge in [-0.15, -0.1) is 0 Å². The molecule has 2 saturated heterocycles. The quantitative estimate of drug-likeness (QED) is 0.843. The van der Waals surface area contributed by atoms with Gasteiger partial charge in [-0.25, -0.2) is 4.98 Å². The number of halogens is 1. The molecule has 3 heterocycles. The molecule has 114 valence electrons. The molecule has 1 amide bonds. The van der Waals surface area contributed by atoms with Gasteiger partial charge in [0.05, 0.1) is 10.9 Å². The molecule has 3 rings (SSSR count). The number of aromatic nitrogens is 1. The molecule has 1 unspecified atom stereocenters. The Hall–Kier alpha value is -1.29. The number of carbonyl (C=O) groups is 1. The second-order valence-corrected chi connectivity index (χ2v) is 6.44. The van der Waals surface area contributed by atoms with Gasteiger partial charge in [0, 0.05) is 32.4 Å². The summed E-state index contributed by atoms with van der Waals surface area (Å²) in [6.45, 7) is 3.63. The van der Waals surface area contributed by atoms with Crippen molar-refractivity contribution in [3.05, 3.63) is 23.4 Å². The number of rotatable bonds is 2. The molecule has 4 nitrogen and oxygen atoms in total. The Balaban J connectivity index is 1.64. The lowest BCUT2D eigenvalue weighted by Crippen LogP contribution is -2.46. The fourth-order valence-electron chi connectivity index (χ4n) is 3.31. The molecule has 0 spiro atoms. The van der Waals surface area contributed by atoms with Crippen molar-refractivity contribution >= 4 is 23.3 Å². The summed E-state index contributed by atoms with van der Waals surface area (Å²) in [4.78, 5) is 21.3. The van der Waals surface area contributed by atoms with Gasteiger partial charge in [0.25, 0.3) is 0 Å². The van der Waals surface area contributed by atoms with Crippen molar-refractivity contribution in [1.82, 2.24) is 9.88 Å². The molecule has 1 aromatic rings. The number of pyridine rings is 1. The molecule has 21 heavy (non-hydrogen) atoms. The summed E-state index contributed by atoms with van der Waals surface area (Å²) in [6, 6.07) is 3.80. The fraction of sp³-hybridized carbons (Fsp3) is 0.625. The Morgan fingerprint density at radius 1 is 1.14 bits per heavy atom. The van der Waals surface area contributed by atoms with Crippen LogP contribution >= 0.6 is 11.6 Å². The molecule has 0 N–H and O–H groups in total. The molecule has 0 saturated carbocycles. The van der Waals surface area contributed by atoms with Crippen LogP contribution in [0.1, 0.15) is 32.1 Å². The van der Waals surface area contributed by atoms with Gasteiger partial charge in [-0.3, -0.25) is 4.79 Å². The van der Waals surface area contributed by atoms with Crippen molar-refractivity contribution in [1.29, 1.82) is 0 Å².